The molecule has 1 aliphatic rings. The molecule has 2 aromatic carbocycles. The Morgan fingerprint density at radius 2 is 1.90 bits per heavy atom. The van der Waals surface area contributed by atoms with Crippen LogP contribution in [0.1, 0.15) is 18.9 Å². The molecule has 0 saturated carbocycles. The van der Waals surface area contributed by atoms with E-state index in [4.69, 9.17) is 22.1 Å². The lowest BCUT2D eigenvalue weighted by Gasteiger charge is -2.39. The molecule has 3 rings (SSSR count). The Hall–Kier alpha value is -1.39. The van der Waals surface area contributed by atoms with Crippen molar-refractivity contribution >= 4 is 11.6 Å². The van der Waals surface area contributed by atoms with Crippen LogP contribution in [0.25, 0.3) is 11.1 Å². The molecule has 0 aromatic heterocycles. The van der Waals surface area contributed by atoms with Crippen LogP contribution in [0.4, 0.5) is 0 Å². The van der Waals surface area contributed by atoms with Crippen molar-refractivity contribution in [2.45, 2.75) is 25.2 Å². The first-order chi connectivity index (χ1) is 10.1. The second kappa shape index (κ2) is 5.78. The van der Waals surface area contributed by atoms with Crippen LogP contribution in [0, 0.1) is 0 Å². The van der Waals surface area contributed by atoms with Crippen molar-refractivity contribution in [1.82, 2.24) is 5.32 Å². The maximum atomic E-state index is 6.08. The van der Waals surface area contributed by atoms with E-state index in [-0.39, 0.29) is 6.17 Å². The number of nitrogens with two attached hydrogens (primary N) is 1. The van der Waals surface area contributed by atoms with Crippen LogP contribution in [0.5, 0.6) is 0 Å². The Morgan fingerprint density at radius 1 is 1.19 bits per heavy atom. The van der Waals surface area contributed by atoms with Gasteiger partial charge in [0.25, 0.3) is 0 Å². The molecule has 4 heteroatoms. The lowest BCUT2D eigenvalue weighted by atomic mass is 9.97. The number of ether oxygens (including phenoxy) is 1. The van der Waals surface area contributed by atoms with E-state index in [9.17, 15) is 0 Å². The third kappa shape index (κ3) is 3.11. The highest BCUT2D eigenvalue weighted by Crippen LogP contribution is 2.30. The van der Waals surface area contributed by atoms with E-state index >= 15 is 0 Å². The van der Waals surface area contributed by atoms with E-state index in [0.717, 1.165) is 28.1 Å². The van der Waals surface area contributed by atoms with Crippen LogP contribution in [0.15, 0.2) is 48.5 Å². The molecule has 1 saturated heterocycles. The van der Waals surface area contributed by atoms with Crippen molar-refractivity contribution in [2.24, 2.45) is 5.73 Å². The second-order valence-corrected chi connectivity index (χ2v) is 5.95. The highest BCUT2D eigenvalue weighted by atomic mass is 35.5. The van der Waals surface area contributed by atoms with Gasteiger partial charge in [-0.1, -0.05) is 41.9 Å². The molecule has 1 fully saturated rings. The molecule has 1 heterocycles. The minimum Gasteiger partial charge on any atom is -0.356 e. The number of halogens is 1. The van der Waals surface area contributed by atoms with Crippen molar-refractivity contribution in [3.63, 3.8) is 0 Å². The molecule has 2 aromatic rings. The van der Waals surface area contributed by atoms with Gasteiger partial charge in [-0.25, -0.2) is 0 Å². The third-order valence-electron chi connectivity index (χ3n) is 3.85. The maximum Gasteiger partial charge on any atom is 0.143 e. The summed E-state index contributed by atoms with van der Waals surface area (Å²) >= 11 is 6.08. The van der Waals surface area contributed by atoms with Gasteiger partial charge in [-0.2, -0.15) is 0 Å². The molecular weight excluding hydrogens is 284 g/mol. The Morgan fingerprint density at radius 3 is 2.62 bits per heavy atom. The summed E-state index contributed by atoms with van der Waals surface area (Å²) in [7, 11) is 0. The molecule has 3 nitrogen and oxygen atoms in total. The summed E-state index contributed by atoms with van der Waals surface area (Å²) in [5.41, 5.74) is 8.73. The molecule has 0 radical (unpaired) electrons. The van der Waals surface area contributed by atoms with Crippen molar-refractivity contribution in [3.8, 4) is 11.1 Å². The SMILES string of the molecule is C[C@]1(c2cccc(-c3cccc(Cl)c3)c2)NC(N)CCO1. The lowest BCUT2D eigenvalue weighted by molar-refractivity contribution is -0.103. The van der Waals surface area contributed by atoms with Crippen LogP contribution in [-0.4, -0.2) is 12.8 Å². The fourth-order valence-corrected chi connectivity index (χ4v) is 2.88. The molecule has 0 amide bonds. The van der Waals surface area contributed by atoms with Crippen molar-refractivity contribution in [2.75, 3.05) is 6.61 Å². The largest absolute Gasteiger partial charge is 0.356 e. The number of benzene rings is 2. The Kier molecular flexibility index (Phi) is 4.00. The van der Waals surface area contributed by atoms with Gasteiger partial charge >= 0.3 is 0 Å². The van der Waals surface area contributed by atoms with Crippen molar-refractivity contribution < 1.29 is 4.74 Å². The highest BCUT2D eigenvalue weighted by molar-refractivity contribution is 6.30. The summed E-state index contributed by atoms with van der Waals surface area (Å²) in [5.74, 6) is 0. The van der Waals surface area contributed by atoms with Crippen LogP contribution >= 0.6 is 11.6 Å². The van der Waals surface area contributed by atoms with E-state index in [2.05, 4.69) is 23.5 Å². The minimum absolute atomic E-state index is 0.0430. The molecule has 110 valence electrons. The molecule has 0 bridgehead atoms. The zero-order chi connectivity index (χ0) is 14.9. The molecule has 0 aliphatic carbocycles. The van der Waals surface area contributed by atoms with E-state index in [1.54, 1.807) is 0 Å². The first kappa shape index (κ1) is 14.5. The Balaban J connectivity index is 1.96. The van der Waals surface area contributed by atoms with Gasteiger partial charge in [0.1, 0.15) is 5.72 Å². The minimum atomic E-state index is -0.549. The quantitative estimate of drug-likeness (QED) is 0.893. The zero-order valence-corrected chi connectivity index (χ0v) is 12.7. The van der Waals surface area contributed by atoms with Crippen LogP contribution in [0.2, 0.25) is 5.02 Å². The summed E-state index contributed by atoms with van der Waals surface area (Å²) in [6.07, 6.45) is 0.780. The van der Waals surface area contributed by atoms with Gasteiger partial charge in [-0.3, -0.25) is 5.32 Å². The van der Waals surface area contributed by atoms with E-state index in [0.29, 0.717) is 6.61 Å². The Bertz CT molecular complexity index is 646. The van der Waals surface area contributed by atoms with Gasteiger partial charge in [-0.05, 0) is 48.2 Å². The first-order valence-electron chi connectivity index (χ1n) is 7.10. The summed E-state index contributed by atoms with van der Waals surface area (Å²) in [6, 6.07) is 16.1. The van der Waals surface area contributed by atoms with Gasteiger partial charge in [-0.15, -0.1) is 0 Å². The standard InChI is InChI=1S/C17H19ClN2O/c1-17(20-16(19)8-9-21-17)14-6-2-4-12(10-14)13-5-3-7-15(18)11-13/h2-7,10-11,16,20H,8-9,19H2,1H3/t16?,17-/m0/s1. The molecule has 21 heavy (non-hydrogen) atoms. The van der Waals surface area contributed by atoms with Gasteiger partial charge in [0.15, 0.2) is 0 Å². The predicted octanol–water partition coefficient (Wildman–Crippen LogP) is 3.47. The highest BCUT2D eigenvalue weighted by Gasteiger charge is 2.32. The number of hydrogen-bond acceptors (Lipinski definition) is 3. The summed E-state index contributed by atoms with van der Waals surface area (Å²) in [6.45, 7) is 2.68. The van der Waals surface area contributed by atoms with Crippen LogP contribution < -0.4 is 11.1 Å². The fourth-order valence-electron chi connectivity index (χ4n) is 2.69. The zero-order valence-electron chi connectivity index (χ0n) is 12.0. The number of hydrogen-bond donors (Lipinski definition) is 2. The van der Waals surface area contributed by atoms with E-state index in [1.807, 2.05) is 37.3 Å². The van der Waals surface area contributed by atoms with Crippen LogP contribution in [0.3, 0.4) is 0 Å². The first-order valence-corrected chi connectivity index (χ1v) is 7.48. The van der Waals surface area contributed by atoms with Gasteiger partial charge < -0.3 is 10.5 Å². The average Bonchev–Trinajstić information content (AvgIpc) is 2.47. The summed E-state index contributed by atoms with van der Waals surface area (Å²) in [4.78, 5) is 0. The summed E-state index contributed by atoms with van der Waals surface area (Å²) in [5, 5.41) is 4.06. The Labute approximate surface area is 130 Å². The van der Waals surface area contributed by atoms with Gasteiger partial charge in [0.05, 0.1) is 12.8 Å². The molecule has 3 N–H and O–H groups in total. The molecule has 1 unspecified atom stereocenters. The monoisotopic (exact) mass is 302 g/mol. The topological polar surface area (TPSA) is 47.3 Å². The van der Waals surface area contributed by atoms with Crippen LogP contribution in [-0.2, 0) is 10.5 Å². The molecule has 2 atom stereocenters. The normalized spacial score (nSPS) is 25.8. The lowest BCUT2D eigenvalue weighted by Crippen LogP contribution is -2.55. The van der Waals surface area contributed by atoms with Gasteiger partial charge in [0, 0.05) is 5.02 Å². The average molecular weight is 303 g/mol. The molecular formula is C17H19ClN2O. The smallest absolute Gasteiger partial charge is 0.143 e. The van der Waals surface area contributed by atoms with Gasteiger partial charge in [0.2, 0.25) is 0 Å². The number of rotatable bonds is 2. The molecule has 1 aliphatic heterocycles. The van der Waals surface area contributed by atoms with Crippen molar-refractivity contribution in [3.05, 3.63) is 59.1 Å². The van der Waals surface area contributed by atoms with Crippen molar-refractivity contribution in [1.29, 1.82) is 0 Å². The fraction of sp³-hybridized carbons (Fsp3) is 0.294. The maximum absolute atomic E-state index is 6.08. The number of nitrogens with one attached hydrogen (secondary N) is 1. The van der Waals surface area contributed by atoms with E-state index in [1.165, 1.54) is 0 Å². The van der Waals surface area contributed by atoms with E-state index < -0.39 is 5.72 Å². The second-order valence-electron chi connectivity index (χ2n) is 5.51. The third-order valence-corrected chi connectivity index (χ3v) is 4.09. The molecule has 0 spiro atoms. The predicted molar refractivity (Wildman–Crippen MR) is 85.9 cm³/mol. The summed E-state index contributed by atoms with van der Waals surface area (Å²) < 4.78 is 5.92.